The SMILES string of the molecule is COCC(C)CC(=O)c1ccc2c(c1)OCCCO2. The van der Waals surface area contributed by atoms with Gasteiger partial charge >= 0.3 is 0 Å². The quantitative estimate of drug-likeness (QED) is 0.767. The van der Waals surface area contributed by atoms with Crippen LogP contribution in [0.1, 0.15) is 30.1 Å². The highest BCUT2D eigenvalue weighted by Crippen LogP contribution is 2.31. The first kappa shape index (κ1) is 13.9. The molecule has 0 amide bonds. The van der Waals surface area contributed by atoms with Crippen LogP contribution in [-0.4, -0.2) is 32.7 Å². The van der Waals surface area contributed by atoms with Crippen LogP contribution >= 0.6 is 0 Å². The van der Waals surface area contributed by atoms with Crippen molar-refractivity contribution in [2.75, 3.05) is 26.9 Å². The van der Waals surface area contributed by atoms with E-state index in [0.717, 1.165) is 12.2 Å². The van der Waals surface area contributed by atoms with Crippen LogP contribution in [-0.2, 0) is 4.74 Å². The smallest absolute Gasteiger partial charge is 0.163 e. The number of Topliss-reactive ketones (excluding diaryl/α,β-unsaturated/α-hetero) is 1. The highest BCUT2D eigenvalue weighted by atomic mass is 16.5. The average molecular weight is 264 g/mol. The minimum absolute atomic E-state index is 0.111. The summed E-state index contributed by atoms with van der Waals surface area (Å²) in [4.78, 5) is 12.1. The van der Waals surface area contributed by atoms with Crippen molar-refractivity contribution in [1.29, 1.82) is 0 Å². The lowest BCUT2D eigenvalue weighted by atomic mass is 10.00. The van der Waals surface area contributed by atoms with Gasteiger partial charge in [-0.3, -0.25) is 4.79 Å². The Morgan fingerprint density at radius 2 is 2.05 bits per heavy atom. The highest BCUT2D eigenvalue weighted by Gasteiger charge is 2.16. The molecule has 4 heteroatoms. The second-order valence-electron chi connectivity index (χ2n) is 4.90. The monoisotopic (exact) mass is 264 g/mol. The lowest BCUT2D eigenvalue weighted by Crippen LogP contribution is -2.11. The molecular formula is C15H20O4. The van der Waals surface area contributed by atoms with Crippen LogP contribution in [0, 0.1) is 5.92 Å². The number of hydrogen-bond donors (Lipinski definition) is 0. The second-order valence-corrected chi connectivity index (χ2v) is 4.90. The first-order chi connectivity index (χ1) is 9.20. The van der Waals surface area contributed by atoms with Crippen LogP contribution in [0.15, 0.2) is 18.2 Å². The zero-order valence-corrected chi connectivity index (χ0v) is 11.5. The van der Waals surface area contributed by atoms with Crippen molar-refractivity contribution in [3.05, 3.63) is 23.8 Å². The Hall–Kier alpha value is -1.55. The average Bonchev–Trinajstić information content (AvgIpc) is 2.63. The van der Waals surface area contributed by atoms with Crippen molar-refractivity contribution in [3.63, 3.8) is 0 Å². The van der Waals surface area contributed by atoms with Gasteiger partial charge in [-0.25, -0.2) is 0 Å². The van der Waals surface area contributed by atoms with E-state index in [1.807, 2.05) is 13.0 Å². The molecular weight excluding hydrogens is 244 g/mol. The van der Waals surface area contributed by atoms with Crippen molar-refractivity contribution in [3.8, 4) is 11.5 Å². The van der Waals surface area contributed by atoms with Gasteiger partial charge in [-0.05, 0) is 24.1 Å². The molecule has 1 aromatic rings. The van der Waals surface area contributed by atoms with E-state index in [9.17, 15) is 4.79 Å². The standard InChI is InChI=1S/C15H20O4/c1-11(10-17-2)8-13(16)12-4-5-14-15(9-12)19-7-3-6-18-14/h4-5,9,11H,3,6-8,10H2,1-2H3. The molecule has 2 rings (SSSR count). The van der Waals surface area contributed by atoms with E-state index in [4.69, 9.17) is 14.2 Å². The number of ether oxygens (including phenoxy) is 3. The van der Waals surface area contributed by atoms with Gasteiger partial charge in [0.25, 0.3) is 0 Å². The molecule has 0 N–H and O–H groups in total. The first-order valence-electron chi connectivity index (χ1n) is 6.62. The van der Waals surface area contributed by atoms with Gasteiger partial charge in [-0.15, -0.1) is 0 Å². The van der Waals surface area contributed by atoms with Gasteiger partial charge in [-0.2, -0.15) is 0 Å². The third-order valence-electron chi connectivity index (χ3n) is 3.05. The zero-order chi connectivity index (χ0) is 13.7. The van der Waals surface area contributed by atoms with Gasteiger partial charge in [0.05, 0.1) is 13.2 Å². The van der Waals surface area contributed by atoms with Crippen LogP contribution in [0.4, 0.5) is 0 Å². The Labute approximate surface area is 113 Å². The summed E-state index contributed by atoms with van der Waals surface area (Å²) in [6.07, 6.45) is 1.34. The summed E-state index contributed by atoms with van der Waals surface area (Å²) in [6, 6.07) is 5.40. The third kappa shape index (κ3) is 3.70. The van der Waals surface area contributed by atoms with Crippen molar-refractivity contribution >= 4 is 5.78 Å². The molecule has 0 spiro atoms. The number of ketones is 1. The molecule has 104 valence electrons. The molecule has 1 aliphatic heterocycles. The van der Waals surface area contributed by atoms with Crippen LogP contribution in [0.5, 0.6) is 11.5 Å². The third-order valence-corrected chi connectivity index (χ3v) is 3.05. The lowest BCUT2D eigenvalue weighted by Gasteiger charge is -2.11. The van der Waals surface area contributed by atoms with Crippen LogP contribution < -0.4 is 9.47 Å². The van der Waals surface area contributed by atoms with Gasteiger partial charge in [0.2, 0.25) is 0 Å². The molecule has 0 radical (unpaired) electrons. The number of rotatable bonds is 5. The van der Waals surface area contributed by atoms with Crippen LogP contribution in [0.3, 0.4) is 0 Å². The predicted molar refractivity (Wildman–Crippen MR) is 72.0 cm³/mol. The molecule has 19 heavy (non-hydrogen) atoms. The number of fused-ring (bicyclic) bond motifs is 1. The maximum absolute atomic E-state index is 12.1. The summed E-state index contributed by atoms with van der Waals surface area (Å²) in [5.41, 5.74) is 0.673. The largest absolute Gasteiger partial charge is 0.490 e. The summed E-state index contributed by atoms with van der Waals surface area (Å²) in [5, 5.41) is 0. The molecule has 4 nitrogen and oxygen atoms in total. The van der Waals surface area contributed by atoms with Crippen molar-refractivity contribution in [2.45, 2.75) is 19.8 Å². The summed E-state index contributed by atoms with van der Waals surface area (Å²) < 4.78 is 16.2. The van der Waals surface area contributed by atoms with Gasteiger partial charge in [0.1, 0.15) is 0 Å². The molecule has 1 unspecified atom stereocenters. The van der Waals surface area contributed by atoms with Crippen molar-refractivity contribution < 1.29 is 19.0 Å². The van der Waals surface area contributed by atoms with E-state index in [1.54, 1.807) is 19.2 Å². The minimum atomic E-state index is 0.111. The second kappa shape index (κ2) is 6.57. The maximum Gasteiger partial charge on any atom is 0.163 e. The molecule has 1 aromatic carbocycles. The van der Waals surface area contributed by atoms with Crippen LogP contribution in [0.2, 0.25) is 0 Å². The number of methoxy groups -OCH3 is 1. The molecule has 1 atom stereocenters. The topological polar surface area (TPSA) is 44.8 Å². The minimum Gasteiger partial charge on any atom is -0.490 e. The summed E-state index contributed by atoms with van der Waals surface area (Å²) in [5.74, 6) is 1.72. The highest BCUT2D eigenvalue weighted by molar-refractivity contribution is 5.96. The van der Waals surface area contributed by atoms with Crippen LogP contribution in [0.25, 0.3) is 0 Å². The van der Waals surface area contributed by atoms with E-state index < -0.39 is 0 Å². The Morgan fingerprint density at radius 3 is 2.79 bits per heavy atom. The normalized spacial score (nSPS) is 15.7. The fraction of sp³-hybridized carbons (Fsp3) is 0.533. The van der Waals surface area contributed by atoms with Crippen molar-refractivity contribution in [1.82, 2.24) is 0 Å². The van der Waals surface area contributed by atoms with E-state index in [0.29, 0.717) is 37.6 Å². The van der Waals surface area contributed by atoms with Gasteiger partial charge in [0, 0.05) is 32.1 Å². The zero-order valence-electron chi connectivity index (χ0n) is 11.5. The summed E-state index contributed by atoms with van der Waals surface area (Å²) >= 11 is 0. The summed E-state index contributed by atoms with van der Waals surface area (Å²) in [7, 11) is 1.65. The lowest BCUT2D eigenvalue weighted by molar-refractivity contribution is 0.0919. The van der Waals surface area contributed by atoms with Crippen molar-refractivity contribution in [2.24, 2.45) is 5.92 Å². The van der Waals surface area contributed by atoms with Gasteiger partial charge < -0.3 is 14.2 Å². The fourth-order valence-electron chi connectivity index (χ4n) is 2.11. The number of hydrogen-bond acceptors (Lipinski definition) is 4. The molecule has 1 aliphatic rings. The Balaban J connectivity index is 2.08. The predicted octanol–water partition coefficient (Wildman–Crippen LogP) is 2.70. The maximum atomic E-state index is 12.1. The molecule has 1 heterocycles. The van der Waals surface area contributed by atoms with Gasteiger partial charge in [-0.1, -0.05) is 6.92 Å². The van der Waals surface area contributed by atoms with E-state index >= 15 is 0 Å². The molecule has 0 aromatic heterocycles. The molecule has 0 aliphatic carbocycles. The first-order valence-corrected chi connectivity index (χ1v) is 6.62. The molecule has 0 fully saturated rings. The van der Waals surface area contributed by atoms with E-state index in [-0.39, 0.29) is 11.7 Å². The summed E-state index contributed by atoms with van der Waals surface area (Å²) in [6.45, 7) is 3.89. The number of carbonyl (C=O) groups excluding carboxylic acids is 1. The number of carbonyl (C=O) groups is 1. The molecule has 0 saturated heterocycles. The Bertz CT molecular complexity index is 442. The number of benzene rings is 1. The Morgan fingerprint density at radius 1 is 1.32 bits per heavy atom. The van der Waals surface area contributed by atoms with E-state index in [1.165, 1.54) is 0 Å². The Kier molecular flexibility index (Phi) is 4.80. The fourth-order valence-corrected chi connectivity index (χ4v) is 2.11. The van der Waals surface area contributed by atoms with Gasteiger partial charge in [0.15, 0.2) is 17.3 Å². The molecule has 0 bridgehead atoms. The van der Waals surface area contributed by atoms with E-state index in [2.05, 4.69) is 0 Å². The molecule has 0 saturated carbocycles.